The predicted octanol–water partition coefficient (Wildman–Crippen LogP) is 12.2. The Kier molecular flexibility index (Phi) is 10.7. The molecule has 0 fully saturated rings. The number of hydrogen-bond acceptors (Lipinski definition) is 5. The van der Waals surface area contributed by atoms with Crippen LogP contribution in [-0.4, -0.2) is 42.0 Å². The van der Waals surface area contributed by atoms with Gasteiger partial charge in [-0.05, 0) is 62.1 Å². The van der Waals surface area contributed by atoms with Crippen LogP contribution in [0.25, 0.3) is 44.6 Å². The van der Waals surface area contributed by atoms with Gasteiger partial charge in [0, 0.05) is 33.0 Å². The van der Waals surface area contributed by atoms with Crippen LogP contribution in [0.3, 0.4) is 0 Å². The Labute approximate surface area is 306 Å². The lowest BCUT2D eigenvalue weighted by atomic mass is 9.83. The second-order valence-corrected chi connectivity index (χ2v) is 14.5. The van der Waals surface area contributed by atoms with E-state index in [4.69, 9.17) is 27.9 Å². The number of fused-ring (bicyclic) bond motifs is 2. The summed E-state index contributed by atoms with van der Waals surface area (Å²) in [5, 5.41) is 11.3. The zero-order valence-corrected chi connectivity index (χ0v) is 30.4. The molecule has 0 aliphatic heterocycles. The van der Waals surface area contributed by atoms with Crippen LogP contribution in [0.4, 0.5) is 27.2 Å². The summed E-state index contributed by atoms with van der Waals surface area (Å²) in [6, 6.07) is 20.1. The molecule has 0 amide bonds. The van der Waals surface area contributed by atoms with E-state index in [-0.39, 0.29) is 55.2 Å². The number of hydrogen-bond donors (Lipinski definition) is 1. The smallest absolute Gasteiger partial charge is 0.420 e. The summed E-state index contributed by atoms with van der Waals surface area (Å²) in [6.45, 7) is 10.9. The van der Waals surface area contributed by atoms with Gasteiger partial charge < -0.3 is 9.84 Å². The Morgan fingerprint density at radius 2 is 1.25 bits per heavy atom. The number of benzene rings is 2. The summed E-state index contributed by atoms with van der Waals surface area (Å²) in [4.78, 5) is 33.2. The molecule has 2 aromatic carbocycles. The van der Waals surface area contributed by atoms with E-state index in [0.717, 1.165) is 4.57 Å². The van der Waals surface area contributed by atoms with E-state index in [1.807, 2.05) is 20.8 Å². The fourth-order valence-electron chi connectivity index (χ4n) is 5.90. The van der Waals surface area contributed by atoms with Gasteiger partial charge in [0.15, 0.2) is 11.3 Å². The lowest BCUT2D eigenvalue weighted by molar-refractivity contribution is 0.0546. The molecule has 6 aromatic rings. The van der Waals surface area contributed by atoms with Crippen molar-refractivity contribution in [1.29, 1.82) is 0 Å². The van der Waals surface area contributed by atoms with E-state index >= 15 is 0 Å². The van der Waals surface area contributed by atoms with Gasteiger partial charge in [-0.2, -0.15) is 0 Å². The molecular weight excluding hydrogens is 723 g/mol. The van der Waals surface area contributed by atoms with Crippen molar-refractivity contribution in [3.8, 4) is 22.5 Å². The number of rotatable bonds is 4. The van der Waals surface area contributed by atoms with Crippen LogP contribution in [0, 0.1) is 0 Å². The van der Waals surface area contributed by atoms with Crippen LogP contribution >= 0.6 is 23.2 Å². The molecule has 0 saturated carbocycles. The topological polar surface area (TPSA) is 99.2 Å². The third kappa shape index (κ3) is 7.78. The van der Waals surface area contributed by atoms with Crippen LogP contribution in [0.1, 0.15) is 71.1 Å². The minimum Gasteiger partial charge on any atom is -0.464 e. The molecular formula is C38H34Cl2F4N4O4. The van der Waals surface area contributed by atoms with E-state index in [1.54, 1.807) is 63.2 Å². The van der Waals surface area contributed by atoms with Gasteiger partial charge in [-0.15, -0.1) is 0 Å². The summed E-state index contributed by atoms with van der Waals surface area (Å²) in [5.41, 5.74) is 0.231. The van der Waals surface area contributed by atoms with Gasteiger partial charge in [0.2, 0.25) is 0 Å². The summed E-state index contributed by atoms with van der Waals surface area (Å²) in [5.74, 6) is 0. The lowest BCUT2D eigenvalue weighted by Gasteiger charge is -2.22. The highest BCUT2D eigenvalue weighted by Crippen LogP contribution is 2.43. The van der Waals surface area contributed by atoms with Crippen molar-refractivity contribution in [2.24, 2.45) is 0 Å². The van der Waals surface area contributed by atoms with Crippen molar-refractivity contribution >= 4 is 57.5 Å². The zero-order chi connectivity index (χ0) is 38.3. The van der Waals surface area contributed by atoms with Crippen LogP contribution < -0.4 is 0 Å². The molecule has 4 heterocycles. The first-order chi connectivity index (χ1) is 24.3. The quantitative estimate of drug-likeness (QED) is 0.142. The zero-order valence-electron chi connectivity index (χ0n) is 28.9. The first kappa shape index (κ1) is 38.3. The van der Waals surface area contributed by atoms with Crippen molar-refractivity contribution in [1.82, 2.24) is 19.1 Å². The molecule has 0 spiro atoms. The number of carboxylic acid groups (broad SMARTS) is 1. The molecule has 0 bridgehead atoms. The lowest BCUT2D eigenvalue weighted by Crippen LogP contribution is -2.27. The summed E-state index contributed by atoms with van der Waals surface area (Å²) < 4.78 is 61.7. The van der Waals surface area contributed by atoms with Crippen molar-refractivity contribution < 1.29 is 37.0 Å². The van der Waals surface area contributed by atoms with Gasteiger partial charge in [0.05, 0.1) is 11.4 Å². The summed E-state index contributed by atoms with van der Waals surface area (Å²) >= 11 is 11.9. The molecule has 8 nitrogen and oxygen atoms in total. The molecule has 52 heavy (non-hydrogen) atoms. The molecule has 0 saturated heterocycles. The minimum atomic E-state index is -2.74. The molecule has 272 valence electrons. The van der Waals surface area contributed by atoms with Crippen LogP contribution in [0.5, 0.6) is 0 Å². The van der Waals surface area contributed by atoms with E-state index in [0.29, 0.717) is 16.3 Å². The molecule has 14 heteroatoms. The third-order valence-electron chi connectivity index (χ3n) is 7.84. The molecule has 4 aromatic heterocycles. The number of pyridine rings is 2. The molecule has 1 N–H and O–H groups in total. The van der Waals surface area contributed by atoms with Crippen LogP contribution in [0.15, 0.2) is 78.9 Å². The van der Waals surface area contributed by atoms with Crippen LogP contribution in [0.2, 0.25) is 10.3 Å². The van der Waals surface area contributed by atoms with Crippen molar-refractivity contribution in [2.75, 3.05) is 0 Å². The average Bonchev–Trinajstić information content (AvgIpc) is 3.60. The first-order valence-electron chi connectivity index (χ1n) is 15.9. The molecule has 0 atom stereocenters. The van der Waals surface area contributed by atoms with Gasteiger partial charge >= 0.3 is 12.2 Å². The van der Waals surface area contributed by atoms with Gasteiger partial charge in [0.25, 0.3) is 12.9 Å². The van der Waals surface area contributed by atoms with Crippen molar-refractivity contribution in [3.05, 3.63) is 106 Å². The van der Waals surface area contributed by atoms with Gasteiger partial charge in [-0.1, -0.05) is 92.5 Å². The Morgan fingerprint density at radius 1 is 0.731 bits per heavy atom. The number of halogens is 6. The van der Waals surface area contributed by atoms with E-state index < -0.39 is 36.1 Å². The standard InChI is InChI=1S/2C19H17ClF2N2O2/c1-19(2,3)26-18(25)24-14(10-11-8-9-15(20)23-17(11)24)12-6-4-5-7-13(12)16(21)22;1-19(2,3)14-12-8-9-13(20)23-17(12)24(18(25)26)15(14)10-6-4-5-7-11(10)16(21)22/h4-10,16H,1-3H3;4-9,16H,1-3H3,(H,25,26). The minimum absolute atomic E-state index is 0.131. The fourth-order valence-corrected chi connectivity index (χ4v) is 6.19. The largest absolute Gasteiger partial charge is 0.464 e. The number of alkyl halides is 4. The molecule has 0 aliphatic rings. The van der Waals surface area contributed by atoms with Gasteiger partial charge in [-0.25, -0.2) is 46.3 Å². The summed E-state index contributed by atoms with van der Waals surface area (Å²) in [7, 11) is 0. The SMILES string of the molecule is CC(C)(C)OC(=O)n1c(-c2ccccc2C(F)F)cc2ccc(Cl)nc21.CC(C)(C)c1c(-c2ccccc2C(F)F)n(C(=O)O)c2nc(Cl)ccc12. The highest BCUT2D eigenvalue weighted by molar-refractivity contribution is 6.30. The van der Waals surface area contributed by atoms with Crippen LogP contribution in [-0.2, 0) is 10.2 Å². The van der Waals surface area contributed by atoms with Gasteiger partial charge in [-0.3, -0.25) is 0 Å². The molecule has 0 unspecified atom stereocenters. The second kappa shape index (κ2) is 14.6. The predicted molar refractivity (Wildman–Crippen MR) is 194 cm³/mol. The molecule has 6 rings (SSSR count). The highest BCUT2D eigenvalue weighted by atomic mass is 35.5. The maximum atomic E-state index is 13.6. The highest BCUT2D eigenvalue weighted by Gasteiger charge is 2.32. The maximum absolute atomic E-state index is 13.6. The monoisotopic (exact) mass is 756 g/mol. The Hall–Kier alpha value is -4.94. The second-order valence-electron chi connectivity index (χ2n) is 13.8. The number of ether oxygens (including phenoxy) is 1. The Balaban J connectivity index is 0.000000201. The Morgan fingerprint density at radius 3 is 1.79 bits per heavy atom. The van der Waals surface area contributed by atoms with Crippen molar-refractivity contribution in [3.63, 3.8) is 0 Å². The Bertz CT molecular complexity index is 2310. The van der Waals surface area contributed by atoms with E-state index in [1.165, 1.54) is 41.0 Å². The number of carbonyl (C=O) groups is 2. The third-order valence-corrected chi connectivity index (χ3v) is 8.26. The number of nitrogens with zero attached hydrogens (tertiary/aromatic N) is 4. The van der Waals surface area contributed by atoms with E-state index in [9.17, 15) is 32.3 Å². The maximum Gasteiger partial charge on any atom is 0.420 e. The van der Waals surface area contributed by atoms with E-state index in [2.05, 4.69) is 9.97 Å². The fraction of sp³-hybridized carbons (Fsp3) is 0.263. The first-order valence-corrected chi connectivity index (χ1v) is 16.7. The average molecular weight is 758 g/mol. The van der Waals surface area contributed by atoms with Crippen molar-refractivity contribution in [2.45, 2.75) is 65.4 Å². The molecule has 0 radical (unpaired) electrons. The number of carbonyl (C=O) groups excluding carboxylic acids is 1. The molecule has 0 aliphatic carbocycles. The summed E-state index contributed by atoms with van der Waals surface area (Å²) in [6.07, 6.45) is -7.44. The number of aromatic nitrogens is 4. The normalized spacial score (nSPS) is 12.0. The van der Waals surface area contributed by atoms with Gasteiger partial charge in [0.1, 0.15) is 15.9 Å².